The first kappa shape index (κ1) is 46.7. The fraction of sp³-hybridized carbons (Fsp3) is 0.333. The molecule has 2 N–H and O–H groups in total. The van der Waals surface area contributed by atoms with Crippen molar-refractivity contribution in [3.05, 3.63) is 132 Å². The highest BCUT2D eigenvalue weighted by Gasteiger charge is 2.27. The lowest BCUT2D eigenvalue weighted by Gasteiger charge is -2.11. The SMILES string of the molecule is C=CC(=O)OCC(O)COCCCCOc1ccc(C(=O)Oc2ccc3c(c2)C(C)c2cc(OC(=O)c4ccc(OCCCCOCC(O)COC(=O)C=C)cc4)ccc2-3)cc1. The third-order valence-corrected chi connectivity index (χ3v) is 9.56. The van der Waals surface area contributed by atoms with Gasteiger partial charge < -0.3 is 48.1 Å². The Hall–Kier alpha value is -6.32. The molecule has 5 rings (SSSR count). The van der Waals surface area contributed by atoms with E-state index in [-0.39, 0.29) is 32.3 Å². The van der Waals surface area contributed by atoms with Gasteiger partial charge in [-0.3, -0.25) is 0 Å². The molecular weight excluding hydrogens is 801 g/mol. The van der Waals surface area contributed by atoms with Gasteiger partial charge >= 0.3 is 23.9 Å². The predicted octanol–water partition coefficient (Wildman–Crippen LogP) is 6.79. The molecule has 0 aliphatic heterocycles. The van der Waals surface area contributed by atoms with Gasteiger partial charge in [-0.1, -0.05) is 32.2 Å². The highest BCUT2D eigenvalue weighted by atomic mass is 16.6. The van der Waals surface area contributed by atoms with Gasteiger partial charge in [0.2, 0.25) is 0 Å². The number of rotatable bonds is 26. The Morgan fingerprint density at radius 2 is 0.919 bits per heavy atom. The molecule has 0 saturated heterocycles. The van der Waals surface area contributed by atoms with Crippen LogP contribution in [0.25, 0.3) is 11.1 Å². The summed E-state index contributed by atoms with van der Waals surface area (Å²) in [6.45, 7) is 10.1. The number of fused-ring (bicyclic) bond motifs is 3. The van der Waals surface area contributed by atoms with Crippen LogP contribution in [0.4, 0.5) is 0 Å². The molecule has 0 saturated carbocycles. The van der Waals surface area contributed by atoms with Gasteiger partial charge in [0.05, 0.1) is 37.6 Å². The fourth-order valence-corrected chi connectivity index (χ4v) is 6.29. The Labute approximate surface area is 360 Å². The topological polar surface area (TPSA) is 183 Å². The molecule has 2 atom stereocenters. The maximum atomic E-state index is 13.0. The van der Waals surface area contributed by atoms with E-state index in [0.29, 0.717) is 86.2 Å². The summed E-state index contributed by atoms with van der Waals surface area (Å²) < 4.78 is 43.4. The molecule has 0 spiro atoms. The standard InChI is InChI=1S/C48H52O14/c1-4-45(51)59-30-35(49)28-55-22-6-8-24-57-37-14-10-33(11-15-37)47(53)61-39-18-20-41-42-21-19-40(27-44(42)32(3)43(41)26-39)62-48(54)34-12-16-38(17-13-34)58-25-9-7-23-56-29-36(50)31-60-46(52)5-2/h4-5,10-21,26-27,32,35-36,49-50H,1-2,6-9,22-25,28-31H2,3H3. The minimum Gasteiger partial charge on any atom is -0.494 e. The van der Waals surface area contributed by atoms with Crippen LogP contribution in [0.5, 0.6) is 23.0 Å². The lowest BCUT2D eigenvalue weighted by molar-refractivity contribution is -0.142. The third kappa shape index (κ3) is 14.4. The molecule has 1 aliphatic carbocycles. The third-order valence-electron chi connectivity index (χ3n) is 9.56. The van der Waals surface area contributed by atoms with Crippen molar-refractivity contribution >= 4 is 23.9 Å². The number of esters is 4. The summed E-state index contributed by atoms with van der Waals surface area (Å²) in [6, 6.07) is 24.5. The molecule has 14 heteroatoms. The molecule has 0 amide bonds. The van der Waals surface area contributed by atoms with Crippen molar-refractivity contribution in [2.45, 2.75) is 50.7 Å². The van der Waals surface area contributed by atoms with Crippen LogP contribution in [-0.4, -0.2) is 99.2 Å². The zero-order chi connectivity index (χ0) is 44.3. The number of hydrogen-bond donors (Lipinski definition) is 2. The summed E-state index contributed by atoms with van der Waals surface area (Å²) in [4.78, 5) is 48.2. The van der Waals surface area contributed by atoms with E-state index in [1.54, 1.807) is 60.7 Å². The Kier molecular flexibility index (Phi) is 18.2. The van der Waals surface area contributed by atoms with Crippen molar-refractivity contribution in [1.82, 2.24) is 0 Å². The first-order valence-electron chi connectivity index (χ1n) is 20.3. The Bertz CT molecular complexity index is 1980. The van der Waals surface area contributed by atoms with Crippen LogP contribution in [0.1, 0.15) is 70.4 Å². The van der Waals surface area contributed by atoms with Gasteiger partial charge in [0.15, 0.2) is 0 Å². The second kappa shape index (κ2) is 24.2. The quantitative estimate of drug-likeness (QED) is 0.0292. The summed E-state index contributed by atoms with van der Waals surface area (Å²) in [5.74, 6) is -0.228. The summed E-state index contributed by atoms with van der Waals surface area (Å²) in [5.41, 5.74) is 4.72. The van der Waals surface area contributed by atoms with Gasteiger partial charge in [0, 0.05) is 31.3 Å². The Morgan fingerprint density at radius 1 is 0.548 bits per heavy atom. The number of aliphatic hydroxyl groups is 2. The maximum Gasteiger partial charge on any atom is 0.343 e. The normalized spacial score (nSPS) is 13.4. The van der Waals surface area contributed by atoms with Gasteiger partial charge in [-0.05, 0) is 121 Å². The lowest BCUT2D eigenvalue weighted by Crippen LogP contribution is -2.23. The van der Waals surface area contributed by atoms with E-state index in [1.165, 1.54) is 0 Å². The number of benzene rings is 4. The summed E-state index contributed by atoms with van der Waals surface area (Å²) in [7, 11) is 0. The smallest absolute Gasteiger partial charge is 0.343 e. The number of carbonyl (C=O) groups excluding carboxylic acids is 4. The van der Waals surface area contributed by atoms with Gasteiger partial charge in [-0.25, -0.2) is 19.2 Å². The van der Waals surface area contributed by atoms with Gasteiger partial charge in [-0.2, -0.15) is 0 Å². The molecule has 0 heterocycles. The van der Waals surface area contributed by atoms with E-state index in [9.17, 15) is 29.4 Å². The van der Waals surface area contributed by atoms with Gasteiger partial charge in [0.1, 0.15) is 48.4 Å². The average molecular weight is 853 g/mol. The molecule has 2 unspecified atom stereocenters. The average Bonchev–Trinajstić information content (AvgIpc) is 3.56. The number of unbranched alkanes of at least 4 members (excludes halogenated alkanes) is 2. The van der Waals surface area contributed by atoms with Crippen molar-refractivity contribution in [1.29, 1.82) is 0 Å². The zero-order valence-corrected chi connectivity index (χ0v) is 34.7. The first-order valence-corrected chi connectivity index (χ1v) is 20.3. The highest BCUT2D eigenvalue weighted by Crippen LogP contribution is 2.47. The van der Waals surface area contributed by atoms with Crippen LogP contribution in [0.2, 0.25) is 0 Å². The summed E-state index contributed by atoms with van der Waals surface area (Å²) in [5, 5.41) is 19.5. The van der Waals surface area contributed by atoms with E-state index in [0.717, 1.165) is 34.4 Å². The number of hydrogen-bond acceptors (Lipinski definition) is 14. The van der Waals surface area contributed by atoms with Crippen LogP contribution >= 0.6 is 0 Å². The summed E-state index contributed by atoms with van der Waals surface area (Å²) in [6.07, 6.45) is 3.07. The Morgan fingerprint density at radius 3 is 1.31 bits per heavy atom. The molecular formula is C48H52O14. The second-order valence-corrected chi connectivity index (χ2v) is 14.3. The molecule has 14 nitrogen and oxygen atoms in total. The van der Waals surface area contributed by atoms with Crippen LogP contribution in [0.3, 0.4) is 0 Å². The van der Waals surface area contributed by atoms with Crippen LogP contribution < -0.4 is 18.9 Å². The molecule has 0 bridgehead atoms. The van der Waals surface area contributed by atoms with Crippen molar-refractivity contribution in [3.63, 3.8) is 0 Å². The molecule has 4 aromatic carbocycles. The van der Waals surface area contributed by atoms with Crippen molar-refractivity contribution in [2.24, 2.45) is 0 Å². The van der Waals surface area contributed by atoms with Crippen molar-refractivity contribution in [2.75, 3.05) is 52.9 Å². The van der Waals surface area contributed by atoms with E-state index in [4.69, 9.17) is 37.9 Å². The second-order valence-electron chi connectivity index (χ2n) is 14.3. The van der Waals surface area contributed by atoms with Crippen LogP contribution in [0.15, 0.2) is 110 Å². The van der Waals surface area contributed by atoms with E-state index >= 15 is 0 Å². The largest absolute Gasteiger partial charge is 0.494 e. The number of carbonyl (C=O) groups is 4. The van der Waals surface area contributed by atoms with E-state index < -0.39 is 36.1 Å². The number of ether oxygens (including phenoxy) is 8. The minimum atomic E-state index is -0.907. The van der Waals surface area contributed by atoms with E-state index in [2.05, 4.69) is 13.2 Å². The van der Waals surface area contributed by atoms with Crippen molar-refractivity contribution < 1.29 is 67.3 Å². The van der Waals surface area contributed by atoms with Crippen molar-refractivity contribution in [3.8, 4) is 34.1 Å². The Balaban J connectivity index is 1.01. The molecule has 1 aliphatic rings. The first-order chi connectivity index (χ1) is 30.0. The maximum absolute atomic E-state index is 13.0. The van der Waals surface area contributed by atoms with Crippen LogP contribution in [0, 0.1) is 0 Å². The van der Waals surface area contributed by atoms with E-state index in [1.807, 2.05) is 31.2 Å². The van der Waals surface area contributed by atoms with Gasteiger partial charge in [-0.15, -0.1) is 0 Å². The molecule has 0 radical (unpaired) electrons. The highest BCUT2D eigenvalue weighted by molar-refractivity contribution is 5.92. The molecule has 0 aromatic heterocycles. The zero-order valence-electron chi connectivity index (χ0n) is 34.7. The van der Waals surface area contributed by atoms with Crippen LogP contribution in [-0.2, 0) is 28.5 Å². The molecule has 62 heavy (non-hydrogen) atoms. The lowest BCUT2D eigenvalue weighted by atomic mass is 9.99. The molecule has 4 aromatic rings. The van der Waals surface area contributed by atoms with Gasteiger partial charge in [0.25, 0.3) is 0 Å². The predicted molar refractivity (Wildman–Crippen MR) is 228 cm³/mol. The molecule has 0 fully saturated rings. The molecule has 328 valence electrons. The summed E-state index contributed by atoms with van der Waals surface area (Å²) >= 11 is 0. The number of aliphatic hydroxyl groups excluding tert-OH is 2. The monoisotopic (exact) mass is 852 g/mol. The minimum absolute atomic E-state index is 0.0509. The fourth-order valence-electron chi connectivity index (χ4n) is 6.29.